The van der Waals surface area contributed by atoms with Crippen molar-refractivity contribution in [3.05, 3.63) is 57.6 Å². The predicted octanol–water partition coefficient (Wildman–Crippen LogP) is 5.33. The van der Waals surface area contributed by atoms with Gasteiger partial charge in [0.15, 0.2) is 0 Å². The Morgan fingerprint density at radius 3 is 2.38 bits per heavy atom. The molecule has 1 aliphatic rings. The molecule has 3 rings (SSSR count). The van der Waals surface area contributed by atoms with E-state index in [1.165, 1.54) is 12.0 Å². The van der Waals surface area contributed by atoms with Crippen LogP contribution in [-0.2, 0) is 26.2 Å². The largest absolute Gasteiger partial charge is 0.495 e. The summed E-state index contributed by atoms with van der Waals surface area (Å²) in [7, 11) is -2.46. The molecule has 0 heterocycles. The second-order valence-electron chi connectivity index (χ2n) is 9.97. The van der Waals surface area contributed by atoms with Crippen LogP contribution in [0, 0.1) is 6.92 Å². The quantitative estimate of drug-likeness (QED) is 0.377. The number of methoxy groups -OCH3 is 1. The lowest BCUT2D eigenvalue weighted by atomic mass is 9.95. The maximum Gasteiger partial charge on any atom is 0.244 e. The molecule has 1 atom stereocenters. The van der Waals surface area contributed by atoms with Crippen molar-refractivity contribution in [3.63, 3.8) is 0 Å². The van der Waals surface area contributed by atoms with Gasteiger partial charge in [-0.3, -0.25) is 13.9 Å². The van der Waals surface area contributed by atoms with E-state index in [4.69, 9.17) is 27.9 Å². The van der Waals surface area contributed by atoms with Gasteiger partial charge in [0.2, 0.25) is 21.8 Å². The molecule has 214 valence electrons. The van der Waals surface area contributed by atoms with Crippen molar-refractivity contribution in [2.75, 3.05) is 24.2 Å². The number of aryl methyl sites for hydroxylation is 1. The summed E-state index contributed by atoms with van der Waals surface area (Å²) < 4.78 is 32.3. The van der Waals surface area contributed by atoms with Crippen molar-refractivity contribution in [1.82, 2.24) is 10.2 Å². The van der Waals surface area contributed by atoms with Gasteiger partial charge in [-0.05, 0) is 61.6 Å². The molecule has 0 aromatic heterocycles. The summed E-state index contributed by atoms with van der Waals surface area (Å²) in [5, 5.41) is 3.91. The summed E-state index contributed by atoms with van der Waals surface area (Å²) in [6, 6.07) is 9.27. The van der Waals surface area contributed by atoms with Gasteiger partial charge in [-0.2, -0.15) is 0 Å². The third-order valence-electron chi connectivity index (χ3n) is 6.98. The molecular weight excluding hydrogens is 561 g/mol. The Kier molecular flexibility index (Phi) is 10.9. The zero-order valence-electron chi connectivity index (χ0n) is 22.9. The molecule has 0 radical (unpaired) electrons. The first-order valence-electron chi connectivity index (χ1n) is 13.1. The molecule has 11 heteroatoms. The fourth-order valence-electron chi connectivity index (χ4n) is 4.89. The third-order valence-corrected chi connectivity index (χ3v) is 8.69. The van der Waals surface area contributed by atoms with Gasteiger partial charge in [0.1, 0.15) is 18.3 Å². The minimum Gasteiger partial charge on any atom is -0.495 e. The molecule has 1 N–H and O–H groups in total. The van der Waals surface area contributed by atoms with Crippen LogP contribution in [0.3, 0.4) is 0 Å². The summed E-state index contributed by atoms with van der Waals surface area (Å²) in [5.74, 6) is -0.490. The van der Waals surface area contributed by atoms with Gasteiger partial charge < -0.3 is 15.0 Å². The summed E-state index contributed by atoms with van der Waals surface area (Å²) in [5.41, 5.74) is 1.64. The fraction of sp³-hybridized carbons (Fsp3) is 0.500. The minimum atomic E-state index is -3.90. The Balaban J connectivity index is 1.99. The van der Waals surface area contributed by atoms with E-state index in [1.54, 1.807) is 36.4 Å². The number of nitrogens with one attached hydrogen (secondary N) is 1. The van der Waals surface area contributed by atoms with Crippen LogP contribution in [0.2, 0.25) is 10.0 Å². The Bertz CT molecular complexity index is 1280. The van der Waals surface area contributed by atoms with Crippen molar-refractivity contribution in [2.45, 2.75) is 71.0 Å². The lowest BCUT2D eigenvalue weighted by Gasteiger charge is -2.34. The average molecular weight is 599 g/mol. The van der Waals surface area contributed by atoms with E-state index in [2.05, 4.69) is 5.32 Å². The van der Waals surface area contributed by atoms with Crippen LogP contribution in [0.15, 0.2) is 36.4 Å². The summed E-state index contributed by atoms with van der Waals surface area (Å²) in [6.07, 6.45) is 6.41. The van der Waals surface area contributed by atoms with Gasteiger partial charge in [0.05, 0.1) is 19.1 Å². The third kappa shape index (κ3) is 8.25. The molecule has 0 bridgehead atoms. The van der Waals surface area contributed by atoms with Crippen LogP contribution in [-0.4, -0.2) is 57.1 Å². The standard InChI is InChI=1S/C28H37Cl2N3O5S/c1-5-24(28(35)31-22-9-7-6-8-10-22)32(17-20-12-13-21(29)16-23(20)30)27(34)18-33(39(4,36)37)25-15-19(2)11-14-26(25)38-3/h11-16,22,24H,5-10,17-18H2,1-4H3,(H,31,35). The Morgan fingerprint density at radius 1 is 1.10 bits per heavy atom. The number of anilines is 1. The second-order valence-corrected chi connectivity index (χ2v) is 12.7. The zero-order chi connectivity index (χ0) is 28.7. The highest BCUT2D eigenvalue weighted by molar-refractivity contribution is 7.92. The molecule has 39 heavy (non-hydrogen) atoms. The van der Waals surface area contributed by atoms with Gasteiger partial charge >= 0.3 is 0 Å². The molecule has 8 nitrogen and oxygen atoms in total. The number of sulfonamides is 1. The molecule has 0 saturated heterocycles. The number of benzene rings is 2. The van der Waals surface area contributed by atoms with Crippen molar-refractivity contribution in [2.24, 2.45) is 0 Å². The molecule has 1 saturated carbocycles. The van der Waals surface area contributed by atoms with Crippen molar-refractivity contribution >= 4 is 50.7 Å². The number of nitrogens with zero attached hydrogens (tertiary/aromatic N) is 2. The van der Waals surface area contributed by atoms with Gasteiger partial charge in [0.25, 0.3) is 0 Å². The minimum absolute atomic E-state index is 0.00792. The highest BCUT2D eigenvalue weighted by Crippen LogP contribution is 2.32. The van der Waals surface area contributed by atoms with Crippen molar-refractivity contribution in [3.8, 4) is 5.75 Å². The monoisotopic (exact) mass is 597 g/mol. The first kappa shape index (κ1) is 31.0. The fourth-order valence-corrected chi connectivity index (χ4v) is 6.20. The van der Waals surface area contributed by atoms with E-state index in [0.717, 1.165) is 48.2 Å². The number of hydrogen-bond donors (Lipinski definition) is 1. The molecule has 1 fully saturated rings. The molecular formula is C28H37Cl2N3O5S. The predicted molar refractivity (Wildman–Crippen MR) is 156 cm³/mol. The van der Waals surface area contributed by atoms with Crippen molar-refractivity contribution < 1.29 is 22.7 Å². The Labute approximate surface area is 241 Å². The Hall–Kier alpha value is -2.49. The number of ether oxygens (including phenoxy) is 1. The number of carbonyl (C=O) groups is 2. The maximum absolute atomic E-state index is 14.0. The van der Waals surface area contributed by atoms with E-state index in [0.29, 0.717) is 27.8 Å². The highest BCUT2D eigenvalue weighted by Gasteiger charge is 2.34. The highest BCUT2D eigenvalue weighted by atomic mass is 35.5. The van der Waals surface area contributed by atoms with Gasteiger partial charge in [-0.15, -0.1) is 0 Å². The SMILES string of the molecule is CCC(C(=O)NC1CCCCC1)N(Cc1ccc(Cl)cc1Cl)C(=O)CN(c1cc(C)ccc1OC)S(C)(=O)=O. The van der Waals surface area contributed by atoms with E-state index >= 15 is 0 Å². The van der Waals surface area contributed by atoms with Crippen LogP contribution in [0.5, 0.6) is 5.75 Å². The first-order valence-corrected chi connectivity index (χ1v) is 15.7. The zero-order valence-corrected chi connectivity index (χ0v) is 25.2. The van der Waals surface area contributed by atoms with Crippen LogP contribution < -0.4 is 14.4 Å². The lowest BCUT2D eigenvalue weighted by molar-refractivity contribution is -0.140. The van der Waals surface area contributed by atoms with Crippen LogP contribution in [0.4, 0.5) is 5.69 Å². The van der Waals surface area contributed by atoms with Crippen LogP contribution in [0.25, 0.3) is 0 Å². The molecule has 2 aromatic rings. The summed E-state index contributed by atoms with van der Waals surface area (Å²) >= 11 is 12.5. The second kappa shape index (κ2) is 13.7. The Morgan fingerprint density at radius 2 is 1.79 bits per heavy atom. The molecule has 2 aromatic carbocycles. The molecule has 1 unspecified atom stereocenters. The molecule has 0 spiro atoms. The maximum atomic E-state index is 14.0. The van der Waals surface area contributed by atoms with Gasteiger partial charge in [-0.25, -0.2) is 8.42 Å². The number of amides is 2. The lowest BCUT2D eigenvalue weighted by Crippen LogP contribution is -2.54. The summed E-state index contributed by atoms with van der Waals surface area (Å²) in [4.78, 5) is 28.9. The van der Waals surface area contributed by atoms with Crippen LogP contribution >= 0.6 is 23.2 Å². The number of hydrogen-bond acceptors (Lipinski definition) is 5. The van der Waals surface area contributed by atoms with E-state index < -0.39 is 28.5 Å². The van der Waals surface area contributed by atoms with Gasteiger partial charge in [-0.1, -0.05) is 61.5 Å². The topological polar surface area (TPSA) is 96.0 Å². The number of rotatable bonds is 11. The molecule has 2 amide bonds. The summed E-state index contributed by atoms with van der Waals surface area (Å²) in [6.45, 7) is 3.14. The average Bonchev–Trinajstić information content (AvgIpc) is 2.88. The van der Waals surface area contributed by atoms with Crippen molar-refractivity contribution in [1.29, 1.82) is 0 Å². The first-order chi connectivity index (χ1) is 18.4. The smallest absolute Gasteiger partial charge is 0.244 e. The number of carbonyl (C=O) groups excluding carboxylic acids is 2. The van der Waals surface area contributed by atoms with E-state index in [-0.39, 0.29) is 24.2 Å². The molecule has 1 aliphatic carbocycles. The number of halogens is 2. The molecule has 0 aliphatic heterocycles. The van der Waals surface area contributed by atoms with Gasteiger partial charge in [0, 0.05) is 22.6 Å². The van der Waals surface area contributed by atoms with E-state index in [1.807, 2.05) is 13.8 Å². The van der Waals surface area contributed by atoms with Crippen LogP contribution in [0.1, 0.15) is 56.6 Å². The normalized spacial score (nSPS) is 14.9. The van der Waals surface area contributed by atoms with E-state index in [9.17, 15) is 18.0 Å².